The normalized spacial score (nSPS) is 19.5. The first-order valence-corrected chi connectivity index (χ1v) is 7.98. The Morgan fingerprint density at radius 3 is 2.68 bits per heavy atom. The Labute approximate surface area is 145 Å². The Morgan fingerprint density at radius 1 is 1.24 bits per heavy atom. The number of amides is 1. The van der Waals surface area contributed by atoms with Crippen molar-refractivity contribution in [2.45, 2.75) is 18.6 Å². The van der Waals surface area contributed by atoms with Crippen molar-refractivity contribution < 1.29 is 19.7 Å². The van der Waals surface area contributed by atoms with Crippen molar-refractivity contribution in [3.8, 4) is 17.6 Å². The molecule has 6 heteroatoms. The SMILES string of the molecule is N#Cc1ccc(Oc2cccc(C(=O)N3C[C@H](O)C[C@H]3CO)c2)cc1. The molecule has 1 aliphatic rings. The minimum Gasteiger partial charge on any atom is -0.457 e. The second-order valence-electron chi connectivity index (χ2n) is 5.95. The van der Waals surface area contributed by atoms with E-state index in [0.717, 1.165) is 0 Å². The predicted octanol–water partition coefficient (Wildman–Crippen LogP) is 1.92. The molecule has 2 atom stereocenters. The van der Waals surface area contributed by atoms with Crippen LogP contribution in [-0.4, -0.2) is 46.3 Å². The lowest BCUT2D eigenvalue weighted by Gasteiger charge is -2.22. The van der Waals surface area contributed by atoms with E-state index in [4.69, 9.17) is 10.00 Å². The Morgan fingerprint density at radius 2 is 2.00 bits per heavy atom. The first-order chi connectivity index (χ1) is 12.1. The molecule has 2 N–H and O–H groups in total. The second-order valence-corrected chi connectivity index (χ2v) is 5.95. The number of carbonyl (C=O) groups is 1. The molecule has 128 valence electrons. The summed E-state index contributed by atoms with van der Waals surface area (Å²) in [5.74, 6) is 0.810. The van der Waals surface area contributed by atoms with Crippen LogP contribution in [0.25, 0.3) is 0 Å². The average molecular weight is 338 g/mol. The lowest BCUT2D eigenvalue weighted by Crippen LogP contribution is -2.37. The van der Waals surface area contributed by atoms with E-state index in [2.05, 4.69) is 0 Å². The van der Waals surface area contributed by atoms with E-state index in [-0.39, 0.29) is 25.1 Å². The molecule has 1 amide bonds. The van der Waals surface area contributed by atoms with Crippen molar-refractivity contribution >= 4 is 5.91 Å². The quantitative estimate of drug-likeness (QED) is 0.888. The molecule has 0 spiro atoms. The van der Waals surface area contributed by atoms with Crippen LogP contribution in [0, 0.1) is 11.3 Å². The van der Waals surface area contributed by atoms with Crippen LogP contribution in [0.1, 0.15) is 22.3 Å². The van der Waals surface area contributed by atoms with Gasteiger partial charge in [0.15, 0.2) is 0 Å². The number of β-amino-alcohol motifs (C(OH)–C–C–N with tert-alkyl or cyclic N) is 1. The first kappa shape index (κ1) is 17.0. The fraction of sp³-hybridized carbons (Fsp3) is 0.263. The summed E-state index contributed by atoms with van der Waals surface area (Å²) >= 11 is 0. The maximum atomic E-state index is 12.7. The lowest BCUT2D eigenvalue weighted by atomic mass is 10.1. The molecule has 1 fully saturated rings. The minimum absolute atomic E-state index is 0.176. The van der Waals surface area contributed by atoms with Gasteiger partial charge in [0.2, 0.25) is 0 Å². The van der Waals surface area contributed by atoms with Crippen molar-refractivity contribution in [3.63, 3.8) is 0 Å². The molecular weight excluding hydrogens is 320 g/mol. The van der Waals surface area contributed by atoms with Gasteiger partial charge in [0.05, 0.1) is 30.4 Å². The summed E-state index contributed by atoms with van der Waals surface area (Å²) in [6.07, 6.45) is -0.233. The summed E-state index contributed by atoms with van der Waals surface area (Å²) in [5, 5.41) is 27.9. The highest BCUT2D eigenvalue weighted by molar-refractivity contribution is 5.95. The zero-order chi connectivity index (χ0) is 17.8. The Bertz CT molecular complexity index is 798. The van der Waals surface area contributed by atoms with Crippen LogP contribution >= 0.6 is 0 Å². The average Bonchev–Trinajstić information content (AvgIpc) is 3.03. The number of rotatable bonds is 4. The van der Waals surface area contributed by atoms with E-state index in [1.54, 1.807) is 48.5 Å². The van der Waals surface area contributed by atoms with E-state index in [1.807, 2.05) is 6.07 Å². The van der Waals surface area contributed by atoms with Crippen LogP contribution in [0.4, 0.5) is 0 Å². The van der Waals surface area contributed by atoms with Gasteiger partial charge in [0, 0.05) is 12.1 Å². The molecule has 0 bridgehead atoms. The van der Waals surface area contributed by atoms with Gasteiger partial charge >= 0.3 is 0 Å². The molecule has 2 aromatic rings. The number of benzene rings is 2. The topological polar surface area (TPSA) is 93.8 Å². The standard InChI is InChI=1S/C19H18N2O4/c20-10-13-4-6-17(7-5-13)25-18-3-1-2-14(8-18)19(24)21-11-16(23)9-15(21)12-22/h1-8,15-16,22-23H,9,11-12H2/t15-,16+/m0/s1. The monoisotopic (exact) mass is 338 g/mol. The molecule has 0 saturated carbocycles. The maximum absolute atomic E-state index is 12.7. The molecule has 2 aromatic carbocycles. The van der Waals surface area contributed by atoms with Gasteiger partial charge in [-0.1, -0.05) is 6.07 Å². The third-order valence-electron chi connectivity index (χ3n) is 4.16. The number of likely N-dealkylation sites (tertiary alicyclic amines) is 1. The van der Waals surface area contributed by atoms with E-state index < -0.39 is 6.10 Å². The number of hydrogen-bond acceptors (Lipinski definition) is 5. The fourth-order valence-corrected chi connectivity index (χ4v) is 2.91. The highest BCUT2D eigenvalue weighted by Gasteiger charge is 2.34. The van der Waals surface area contributed by atoms with Gasteiger partial charge in [-0.3, -0.25) is 4.79 Å². The van der Waals surface area contributed by atoms with Gasteiger partial charge in [-0.05, 0) is 48.9 Å². The lowest BCUT2D eigenvalue weighted by molar-refractivity contribution is 0.0664. The number of carbonyl (C=O) groups excluding carboxylic acids is 1. The minimum atomic E-state index is -0.612. The molecular formula is C19H18N2O4. The zero-order valence-electron chi connectivity index (χ0n) is 13.5. The van der Waals surface area contributed by atoms with Gasteiger partial charge in [-0.25, -0.2) is 0 Å². The molecule has 0 radical (unpaired) electrons. The molecule has 6 nitrogen and oxygen atoms in total. The number of aliphatic hydroxyl groups is 2. The molecule has 1 saturated heterocycles. The summed E-state index contributed by atoms with van der Waals surface area (Å²) < 4.78 is 5.73. The number of aliphatic hydroxyl groups excluding tert-OH is 2. The number of nitriles is 1. The molecule has 1 aliphatic heterocycles. The van der Waals surface area contributed by atoms with Gasteiger partial charge in [-0.2, -0.15) is 5.26 Å². The number of nitrogens with zero attached hydrogens (tertiary/aromatic N) is 2. The van der Waals surface area contributed by atoms with E-state index in [1.165, 1.54) is 4.90 Å². The largest absolute Gasteiger partial charge is 0.457 e. The van der Waals surface area contributed by atoms with Crippen LogP contribution in [0.5, 0.6) is 11.5 Å². The van der Waals surface area contributed by atoms with E-state index in [0.29, 0.717) is 29.0 Å². The highest BCUT2D eigenvalue weighted by Crippen LogP contribution is 2.25. The Hall–Kier alpha value is -2.88. The van der Waals surface area contributed by atoms with E-state index >= 15 is 0 Å². The van der Waals surface area contributed by atoms with Crippen molar-refractivity contribution in [1.82, 2.24) is 4.90 Å². The zero-order valence-corrected chi connectivity index (χ0v) is 13.5. The Kier molecular flexibility index (Phi) is 4.98. The number of ether oxygens (including phenoxy) is 1. The summed E-state index contributed by atoms with van der Waals surface area (Å²) in [5.41, 5.74) is 0.970. The summed E-state index contributed by atoms with van der Waals surface area (Å²) in [6.45, 7) is 0.0367. The molecule has 0 aliphatic carbocycles. The molecule has 25 heavy (non-hydrogen) atoms. The van der Waals surface area contributed by atoms with Crippen LogP contribution < -0.4 is 4.74 Å². The molecule has 0 aromatic heterocycles. The van der Waals surface area contributed by atoms with Crippen molar-refractivity contribution in [2.24, 2.45) is 0 Å². The van der Waals surface area contributed by atoms with Crippen molar-refractivity contribution in [2.75, 3.05) is 13.2 Å². The predicted molar refractivity (Wildman–Crippen MR) is 90.2 cm³/mol. The summed E-state index contributed by atoms with van der Waals surface area (Å²) in [4.78, 5) is 14.2. The van der Waals surface area contributed by atoms with Crippen LogP contribution in [-0.2, 0) is 0 Å². The van der Waals surface area contributed by atoms with Crippen molar-refractivity contribution in [3.05, 3.63) is 59.7 Å². The van der Waals surface area contributed by atoms with E-state index in [9.17, 15) is 15.0 Å². The highest BCUT2D eigenvalue weighted by atomic mass is 16.5. The van der Waals surface area contributed by atoms with Gasteiger partial charge < -0.3 is 19.8 Å². The Balaban J connectivity index is 1.76. The molecule has 1 heterocycles. The van der Waals surface area contributed by atoms with Crippen molar-refractivity contribution in [1.29, 1.82) is 5.26 Å². The van der Waals surface area contributed by atoms with Gasteiger partial charge in [0.1, 0.15) is 11.5 Å². The molecule has 0 unspecified atom stereocenters. The van der Waals surface area contributed by atoms with Crippen LogP contribution in [0.3, 0.4) is 0 Å². The summed E-state index contributed by atoms with van der Waals surface area (Å²) in [6, 6.07) is 15.1. The third kappa shape index (κ3) is 3.79. The van der Waals surface area contributed by atoms with Gasteiger partial charge in [-0.15, -0.1) is 0 Å². The number of hydrogen-bond donors (Lipinski definition) is 2. The maximum Gasteiger partial charge on any atom is 0.254 e. The second kappa shape index (κ2) is 7.34. The smallest absolute Gasteiger partial charge is 0.254 e. The van der Waals surface area contributed by atoms with Gasteiger partial charge in [0.25, 0.3) is 5.91 Å². The van der Waals surface area contributed by atoms with Crippen LogP contribution in [0.15, 0.2) is 48.5 Å². The molecule has 3 rings (SSSR count). The first-order valence-electron chi connectivity index (χ1n) is 7.98. The summed E-state index contributed by atoms with van der Waals surface area (Å²) in [7, 11) is 0. The third-order valence-corrected chi connectivity index (χ3v) is 4.16. The fourth-order valence-electron chi connectivity index (χ4n) is 2.91. The van der Waals surface area contributed by atoms with Crippen LogP contribution in [0.2, 0.25) is 0 Å².